The van der Waals surface area contributed by atoms with Crippen LogP contribution in [0.4, 0.5) is 10.5 Å². The van der Waals surface area contributed by atoms with Crippen molar-refractivity contribution in [1.29, 1.82) is 0 Å². The van der Waals surface area contributed by atoms with E-state index < -0.39 is 0 Å². The monoisotopic (exact) mass is 292 g/mol. The first kappa shape index (κ1) is 14.6. The van der Waals surface area contributed by atoms with Crippen LogP contribution in [0.1, 0.15) is 24.2 Å². The number of ketones is 1. The predicted octanol–water partition coefficient (Wildman–Crippen LogP) is 2.07. The van der Waals surface area contributed by atoms with Crippen LogP contribution in [-0.2, 0) is 4.79 Å². The summed E-state index contributed by atoms with van der Waals surface area (Å²) in [6, 6.07) is 6.99. The molecule has 6 heteroatoms. The second-order valence-corrected chi connectivity index (χ2v) is 5.91. The van der Waals surface area contributed by atoms with Gasteiger partial charge in [0.2, 0.25) is 5.91 Å². The number of hydrogen-bond acceptors (Lipinski definition) is 4. The van der Waals surface area contributed by atoms with Gasteiger partial charge in [-0.25, -0.2) is 0 Å². The van der Waals surface area contributed by atoms with Gasteiger partial charge in [-0.3, -0.25) is 14.4 Å². The fourth-order valence-corrected chi connectivity index (χ4v) is 2.95. The number of nitrogens with one attached hydrogen (secondary N) is 1. The van der Waals surface area contributed by atoms with Gasteiger partial charge in [0.05, 0.1) is 0 Å². The average Bonchev–Trinajstić information content (AvgIpc) is 2.78. The van der Waals surface area contributed by atoms with Gasteiger partial charge in [-0.1, -0.05) is 11.8 Å². The first-order valence-corrected chi connectivity index (χ1v) is 7.19. The topological polar surface area (TPSA) is 66.5 Å². The van der Waals surface area contributed by atoms with Crippen molar-refractivity contribution in [3.8, 4) is 0 Å². The summed E-state index contributed by atoms with van der Waals surface area (Å²) in [5.41, 5.74) is 1.40. The smallest absolute Gasteiger partial charge is 0.286 e. The van der Waals surface area contributed by atoms with Gasteiger partial charge in [-0.05, 0) is 31.2 Å². The fourth-order valence-electron chi connectivity index (χ4n) is 1.97. The normalized spacial score (nSPS) is 18.2. The summed E-state index contributed by atoms with van der Waals surface area (Å²) in [4.78, 5) is 35.7. The van der Waals surface area contributed by atoms with E-state index >= 15 is 0 Å². The van der Waals surface area contributed by atoms with Gasteiger partial charge in [0.1, 0.15) is 0 Å². The number of carbonyl (C=O) groups excluding carboxylic acids is 3. The average molecular weight is 292 g/mol. The number of rotatable bonds is 4. The van der Waals surface area contributed by atoms with Crippen LogP contribution in [0.3, 0.4) is 0 Å². The van der Waals surface area contributed by atoms with Crippen molar-refractivity contribution in [2.75, 3.05) is 18.0 Å². The lowest BCUT2D eigenvalue weighted by atomic mass is 10.1. The summed E-state index contributed by atoms with van der Waals surface area (Å²) < 4.78 is 0. The highest BCUT2D eigenvalue weighted by atomic mass is 32.2. The van der Waals surface area contributed by atoms with Crippen LogP contribution < -0.4 is 10.2 Å². The third kappa shape index (κ3) is 3.39. The molecule has 0 bridgehead atoms. The fraction of sp³-hybridized carbons (Fsp3) is 0.357. The van der Waals surface area contributed by atoms with Crippen molar-refractivity contribution in [2.24, 2.45) is 0 Å². The Morgan fingerprint density at radius 3 is 2.50 bits per heavy atom. The van der Waals surface area contributed by atoms with E-state index in [2.05, 4.69) is 5.32 Å². The molecule has 0 aliphatic carbocycles. The number of anilines is 1. The summed E-state index contributed by atoms with van der Waals surface area (Å²) in [6.07, 6.45) is 0. The van der Waals surface area contributed by atoms with Gasteiger partial charge in [0.15, 0.2) is 5.78 Å². The molecule has 0 aromatic heterocycles. The number of thioether (sulfide) groups is 1. The number of carbonyl (C=O) groups is 3. The minimum atomic E-state index is -0.0951. The molecule has 5 nitrogen and oxygen atoms in total. The third-order valence-corrected chi connectivity index (χ3v) is 4.11. The first-order valence-electron chi connectivity index (χ1n) is 6.31. The molecule has 0 spiro atoms. The van der Waals surface area contributed by atoms with Gasteiger partial charge < -0.3 is 10.2 Å². The van der Waals surface area contributed by atoms with Crippen LogP contribution in [0.25, 0.3) is 0 Å². The molecule has 1 aromatic carbocycles. The molecule has 106 valence electrons. The van der Waals surface area contributed by atoms with Crippen LogP contribution >= 0.6 is 11.8 Å². The Balaban J connectivity index is 2.03. The zero-order chi connectivity index (χ0) is 14.7. The van der Waals surface area contributed by atoms with Crippen molar-refractivity contribution in [3.05, 3.63) is 29.8 Å². The van der Waals surface area contributed by atoms with Crippen LogP contribution in [-0.4, -0.2) is 35.3 Å². The quantitative estimate of drug-likeness (QED) is 0.863. The van der Waals surface area contributed by atoms with Crippen molar-refractivity contribution in [1.82, 2.24) is 5.32 Å². The van der Waals surface area contributed by atoms with Gasteiger partial charge in [0.25, 0.3) is 5.24 Å². The maximum Gasteiger partial charge on any atom is 0.286 e. The van der Waals surface area contributed by atoms with Crippen LogP contribution in [0.15, 0.2) is 24.3 Å². The SMILES string of the molecule is CC(=O)NCC1CN(c2ccc(C(C)=O)cc2)C(=O)S1. The molecule has 1 aromatic rings. The van der Waals surface area contributed by atoms with E-state index in [4.69, 9.17) is 0 Å². The second kappa shape index (κ2) is 6.09. The molecule has 1 fully saturated rings. The highest BCUT2D eigenvalue weighted by molar-refractivity contribution is 8.14. The minimum Gasteiger partial charge on any atom is -0.355 e. The molecular formula is C14H16N2O3S. The minimum absolute atomic E-state index is 0.00204. The Morgan fingerprint density at radius 2 is 1.95 bits per heavy atom. The van der Waals surface area contributed by atoms with Gasteiger partial charge in [-0.15, -0.1) is 0 Å². The molecule has 2 amide bonds. The summed E-state index contributed by atoms with van der Waals surface area (Å²) in [5.74, 6) is -0.0930. The Labute approximate surface area is 121 Å². The first-order chi connectivity index (χ1) is 9.47. The third-order valence-electron chi connectivity index (χ3n) is 3.04. The van der Waals surface area contributed by atoms with Crippen LogP contribution in [0.5, 0.6) is 0 Å². The Hall–Kier alpha value is -1.82. The number of amides is 2. The molecule has 1 heterocycles. The number of nitrogens with zero attached hydrogens (tertiary/aromatic N) is 1. The Morgan fingerprint density at radius 1 is 1.30 bits per heavy atom. The molecule has 1 atom stereocenters. The van der Waals surface area contributed by atoms with E-state index in [1.54, 1.807) is 29.2 Å². The highest BCUT2D eigenvalue weighted by Crippen LogP contribution is 2.30. The molecule has 1 N–H and O–H groups in total. The number of hydrogen-bond donors (Lipinski definition) is 1. The van der Waals surface area contributed by atoms with E-state index in [9.17, 15) is 14.4 Å². The predicted molar refractivity (Wildman–Crippen MR) is 79.3 cm³/mol. The molecule has 1 aliphatic rings. The second-order valence-electron chi connectivity index (χ2n) is 4.66. The van der Waals surface area contributed by atoms with E-state index in [0.717, 1.165) is 5.69 Å². The summed E-state index contributed by atoms with van der Waals surface area (Å²) >= 11 is 1.23. The number of Topliss-reactive ketones (excluding diaryl/α,β-unsaturated/α-hetero) is 1. The molecule has 1 saturated heterocycles. The largest absolute Gasteiger partial charge is 0.355 e. The Bertz CT molecular complexity index is 542. The molecule has 1 unspecified atom stereocenters. The van der Waals surface area contributed by atoms with E-state index in [1.807, 2.05) is 0 Å². The van der Waals surface area contributed by atoms with E-state index in [0.29, 0.717) is 18.7 Å². The van der Waals surface area contributed by atoms with Crippen molar-refractivity contribution in [2.45, 2.75) is 19.1 Å². The lowest BCUT2D eigenvalue weighted by Gasteiger charge is -2.16. The van der Waals surface area contributed by atoms with Gasteiger partial charge in [0, 0.05) is 36.5 Å². The maximum atomic E-state index is 12.0. The molecular weight excluding hydrogens is 276 g/mol. The molecule has 0 saturated carbocycles. The molecule has 20 heavy (non-hydrogen) atoms. The van der Waals surface area contributed by atoms with Crippen molar-refractivity contribution < 1.29 is 14.4 Å². The molecule has 2 rings (SSSR count). The van der Waals surface area contributed by atoms with Crippen molar-refractivity contribution in [3.63, 3.8) is 0 Å². The number of benzene rings is 1. The maximum absolute atomic E-state index is 12.0. The van der Waals surface area contributed by atoms with E-state index in [-0.39, 0.29) is 22.2 Å². The zero-order valence-electron chi connectivity index (χ0n) is 11.4. The van der Waals surface area contributed by atoms with E-state index in [1.165, 1.54) is 25.6 Å². The summed E-state index contributed by atoms with van der Waals surface area (Å²) in [6.45, 7) is 4.01. The lowest BCUT2D eigenvalue weighted by Crippen LogP contribution is -2.32. The molecule has 1 aliphatic heterocycles. The van der Waals surface area contributed by atoms with Gasteiger partial charge in [-0.2, -0.15) is 0 Å². The highest BCUT2D eigenvalue weighted by Gasteiger charge is 2.31. The lowest BCUT2D eigenvalue weighted by molar-refractivity contribution is -0.118. The standard InChI is InChI=1S/C14H16N2O3S/c1-9(17)11-3-5-12(6-4-11)16-8-13(20-14(16)19)7-15-10(2)18/h3-6,13H,7-8H2,1-2H3,(H,15,18). The Kier molecular flexibility index (Phi) is 4.44. The summed E-state index contributed by atoms with van der Waals surface area (Å²) in [7, 11) is 0. The summed E-state index contributed by atoms with van der Waals surface area (Å²) in [5, 5.41) is 2.74. The van der Waals surface area contributed by atoms with Crippen molar-refractivity contribution >= 4 is 34.4 Å². The molecule has 0 radical (unpaired) electrons. The van der Waals surface area contributed by atoms with Gasteiger partial charge >= 0.3 is 0 Å². The van der Waals surface area contributed by atoms with Crippen LogP contribution in [0.2, 0.25) is 0 Å². The zero-order valence-corrected chi connectivity index (χ0v) is 12.2. The van der Waals surface area contributed by atoms with Crippen LogP contribution in [0, 0.1) is 0 Å².